The maximum Gasteiger partial charge on any atom is 0.508 e. The van der Waals surface area contributed by atoms with E-state index in [-0.39, 0.29) is 43.0 Å². The van der Waals surface area contributed by atoms with Crippen LogP contribution in [0.2, 0.25) is 0 Å². The molecule has 2 unspecified atom stereocenters. The zero-order valence-corrected chi connectivity index (χ0v) is 37.7. The van der Waals surface area contributed by atoms with Crippen LogP contribution in [0, 0.1) is 35.5 Å². The van der Waals surface area contributed by atoms with Crippen LogP contribution in [0.4, 0.5) is 15.4 Å². The van der Waals surface area contributed by atoms with Gasteiger partial charge < -0.3 is 33.9 Å². The van der Waals surface area contributed by atoms with Crippen molar-refractivity contribution in [1.82, 2.24) is 19.4 Å². The molecule has 3 heterocycles. The first-order valence-electron chi connectivity index (χ1n) is 23.1. The van der Waals surface area contributed by atoms with E-state index in [2.05, 4.69) is 35.0 Å². The Kier molecular flexibility index (Phi) is 14.0. The molecule has 346 valence electrons. The Balaban J connectivity index is 0.870. The highest BCUT2D eigenvalue weighted by atomic mass is 16.7. The van der Waals surface area contributed by atoms with Gasteiger partial charge in [0.2, 0.25) is 0 Å². The van der Waals surface area contributed by atoms with Crippen molar-refractivity contribution in [3.8, 4) is 12.3 Å². The van der Waals surface area contributed by atoms with Crippen molar-refractivity contribution in [2.75, 3.05) is 38.2 Å². The molecule has 0 spiro atoms. The summed E-state index contributed by atoms with van der Waals surface area (Å²) in [4.78, 5) is 73.0. The fraction of sp³-hybridized carbons (Fsp3) is 0.560. The SMILES string of the molecule is C#Cc1ccc(CN(CCOC(=O)OC[C@H]2O[C@@H](n3ccc(NC(=O)c4ccccc4)nc3=O)CC2OC(C)=O)CC2CCCCN2C(=O)OC(C)(C)C23CC4CC(CC(C4)C2)C3)cc1. The minimum Gasteiger partial charge on any atom is -0.459 e. The highest BCUT2D eigenvalue weighted by molar-refractivity contribution is 6.03. The van der Waals surface area contributed by atoms with E-state index in [0.717, 1.165) is 67.4 Å². The zero-order chi connectivity index (χ0) is 45.7. The first-order chi connectivity index (χ1) is 31.3. The van der Waals surface area contributed by atoms with Crippen molar-refractivity contribution in [1.29, 1.82) is 0 Å². The van der Waals surface area contributed by atoms with Gasteiger partial charge in [0.25, 0.3) is 5.91 Å². The summed E-state index contributed by atoms with van der Waals surface area (Å²) in [7, 11) is 0. The molecule has 2 aliphatic heterocycles. The molecule has 3 aromatic rings. The summed E-state index contributed by atoms with van der Waals surface area (Å²) in [6, 6.07) is 17.6. The summed E-state index contributed by atoms with van der Waals surface area (Å²) in [6.07, 6.45) is 13.4. The van der Waals surface area contributed by atoms with Gasteiger partial charge in [0.1, 0.15) is 43.1 Å². The van der Waals surface area contributed by atoms with Gasteiger partial charge >= 0.3 is 23.9 Å². The molecule has 6 fully saturated rings. The van der Waals surface area contributed by atoms with Crippen LogP contribution in [0.15, 0.2) is 71.7 Å². The number of carbonyl (C=O) groups is 4. The summed E-state index contributed by atoms with van der Waals surface area (Å²) in [6.45, 7) is 7.25. The third-order valence-electron chi connectivity index (χ3n) is 14.4. The third kappa shape index (κ3) is 10.9. The van der Waals surface area contributed by atoms with E-state index in [1.54, 1.807) is 30.3 Å². The number of anilines is 1. The number of hydrogen-bond acceptors (Lipinski definition) is 12. The number of nitrogens with one attached hydrogen (secondary N) is 1. The molecular weight excluding hydrogens is 831 g/mol. The van der Waals surface area contributed by atoms with Crippen LogP contribution in [0.1, 0.15) is 113 Å². The number of piperidine rings is 1. The predicted octanol–water partition coefficient (Wildman–Crippen LogP) is 7.34. The average molecular weight is 892 g/mol. The largest absolute Gasteiger partial charge is 0.508 e. The molecule has 65 heavy (non-hydrogen) atoms. The number of terminal acetylenes is 1. The van der Waals surface area contributed by atoms with Crippen LogP contribution >= 0.6 is 0 Å². The number of benzene rings is 2. The number of rotatable bonds is 15. The Morgan fingerprint density at radius 3 is 2.32 bits per heavy atom. The number of amides is 2. The molecule has 2 saturated heterocycles. The van der Waals surface area contributed by atoms with Gasteiger partial charge in [-0.3, -0.25) is 19.1 Å². The van der Waals surface area contributed by atoms with Gasteiger partial charge in [0.15, 0.2) is 0 Å². The Bertz CT molecular complexity index is 2260. The topological polar surface area (TPSA) is 168 Å². The number of carbonyl (C=O) groups excluding carboxylic acids is 4. The molecule has 2 amide bonds. The molecule has 15 heteroatoms. The highest BCUT2D eigenvalue weighted by Crippen LogP contribution is 2.64. The van der Waals surface area contributed by atoms with Crippen LogP contribution in [0.5, 0.6) is 0 Å². The lowest BCUT2D eigenvalue weighted by Gasteiger charge is -2.61. The summed E-state index contributed by atoms with van der Waals surface area (Å²) in [5.41, 5.74) is 0.962. The Labute approximate surface area is 380 Å². The molecule has 6 aliphatic rings. The maximum atomic E-state index is 14.2. The molecule has 4 atom stereocenters. The molecule has 1 N–H and O–H groups in total. The van der Waals surface area contributed by atoms with E-state index < -0.39 is 47.8 Å². The minimum absolute atomic E-state index is 0.00671. The van der Waals surface area contributed by atoms with Gasteiger partial charge in [-0.1, -0.05) is 36.3 Å². The van der Waals surface area contributed by atoms with Gasteiger partial charge in [-0.05, 0) is 125 Å². The molecule has 15 nitrogen and oxygen atoms in total. The molecule has 4 saturated carbocycles. The molecular formula is C50H61N5O10. The third-order valence-corrected chi connectivity index (χ3v) is 14.4. The second-order valence-corrected chi connectivity index (χ2v) is 19.2. The van der Waals surface area contributed by atoms with Gasteiger partial charge in [-0.25, -0.2) is 14.4 Å². The lowest BCUT2D eigenvalue weighted by molar-refractivity contribution is -0.168. The predicted molar refractivity (Wildman–Crippen MR) is 239 cm³/mol. The monoisotopic (exact) mass is 891 g/mol. The first kappa shape index (κ1) is 45.8. The quantitative estimate of drug-likeness (QED) is 0.0918. The number of hydrogen-bond donors (Lipinski definition) is 1. The number of likely N-dealkylation sites (tertiary alicyclic amines) is 1. The molecule has 2 aromatic carbocycles. The van der Waals surface area contributed by atoms with Crippen LogP contribution in [0.25, 0.3) is 0 Å². The Morgan fingerprint density at radius 1 is 0.954 bits per heavy atom. The van der Waals surface area contributed by atoms with Crippen LogP contribution in [0.3, 0.4) is 0 Å². The number of esters is 1. The fourth-order valence-corrected chi connectivity index (χ4v) is 11.4. The summed E-state index contributed by atoms with van der Waals surface area (Å²) >= 11 is 0. The molecule has 0 radical (unpaired) electrons. The van der Waals surface area contributed by atoms with Gasteiger partial charge in [0, 0.05) is 68.3 Å². The average Bonchev–Trinajstić information content (AvgIpc) is 3.66. The standard InChI is InChI=1S/C50H61N5O10/c1-5-34-14-16-35(17-15-34)30-53(31-40-13-9-10-19-54(40)47(59)65-49(3,4)50-27-36-23-37(28-50)25-38(24-36)29-50)21-22-61-48(60)62-32-42-41(63-33(2)56)26-44(64-42)55-20-18-43(52-46(55)58)51-45(57)39-11-7-6-8-12-39/h1,6-8,11-12,14-18,20,36-38,40-42,44H,9-10,13,19,21-32H2,2-4H3,(H,51,52,57,58)/t36?,37?,38?,40?,41?,42-,44-,50?/m1/s1. The molecule has 4 aliphatic carbocycles. The van der Waals surface area contributed by atoms with Gasteiger partial charge in [0.05, 0.1) is 0 Å². The van der Waals surface area contributed by atoms with Gasteiger partial charge in [-0.15, -0.1) is 6.42 Å². The van der Waals surface area contributed by atoms with Gasteiger partial charge in [-0.2, -0.15) is 4.98 Å². The Hall–Kier alpha value is -5.72. The number of ether oxygens (including phenoxy) is 5. The van der Waals surface area contributed by atoms with Crippen LogP contribution in [-0.2, 0) is 35.0 Å². The lowest BCUT2D eigenvalue weighted by atomic mass is 9.46. The zero-order valence-electron chi connectivity index (χ0n) is 37.7. The maximum absolute atomic E-state index is 14.2. The van der Waals surface area contributed by atoms with E-state index in [1.807, 2.05) is 29.2 Å². The summed E-state index contributed by atoms with van der Waals surface area (Å²) < 4.78 is 30.4. The van der Waals surface area contributed by atoms with Crippen molar-refractivity contribution in [3.63, 3.8) is 0 Å². The van der Waals surface area contributed by atoms with E-state index >= 15 is 0 Å². The summed E-state index contributed by atoms with van der Waals surface area (Å²) in [5.74, 6) is 3.96. The fourth-order valence-electron chi connectivity index (χ4n) is 11.4. The molecule has 9 rings (SSSR count). The van der Waals surface area contributed by atoms with Crippen LogP contribution < -0.4 is 11.0 Å². The molecule has 1 aromatic heterocycles. The van der Waals surface area contributed by atoms with E-state index in [1.165, 1.54) is 43.0 Å². The Morgan fingerprint density at radius 2 is 1.66 bits per heavy atom. The van der Waals surface area contributed by atoms with E-state index in [0.29, 0.717) is 31.7 Å². The van der Waals surface area contributed by atoms with Crippen molar-refractivity contribution < 1.29 is 42.9 Å². The van der Waals surface area contributed by atoms with Crippen molar-refractivity contribution in [3.05, 3.63) is 94.0 Å². The number of nitrogens with zero attached hydrogens (tertiary/aromatic N) is 4. The van der Waals surface area contributed by atoms with Crippen molar-refractivity contribution in [2.24, 2.45) is 23.2 Å². The second-order valence-electron chi connectivity index (χ2n) is 19.2. The first-order valence-corrected chi connectivity index (χ1v) is 23.1. The van der Waals surface area contributed by atoms with Crippen LogP contribution in [-0.4, -0.2) is 100 Å². The smallest absolute Gasteiger partial charge is 0.459 e. The highest BCUT2D eigenvalue weighted by Gasteiger charge is 2.59. The number of aromatic nitrogens is 2. The minimum atomic E-state index is -0.941. The van der Waals surface area contributed by atoms with Crippen molar-refractivity contribution >= 4 is 29.9 Å². The van der Waals surface area contributed by atoms with E-state index in [4.69, 9.17) is 30.1 Å². The normalized spacial score (nSPS) is 26.9. The van der Waals surface area contributed by atoms with E-state index in [9.17, 15) is 24.0 Å². The lowest BCUT2D eigenvalue weighted by Crippen LogP contribution is -2.59. The molecule has 4 bridgehead atoms. The van der Waals surface area contributed by atoms with Crippen molar-refractivity contribution in [2.45, 2.75) is 122 Å². The second kappa shape index (κ2) is 19.8. The summed E-state index contributed by atoms with van der Waals surface area (Å²) in [5, 5.41) is 2.61.